The number of aromatic nitrogens is 1. The molecule has 2 aromatic heterocycles. The number of aryl methyl sites for hydroxylation is 1. The van der Waals surface area contributed by atoms with Gasteiger partial charge in [0.2, 0.25) is 0 Å². The van der Waals surface area contributed by atoms with E-state index in [0.717, 1.165) is 21.7 Å². The molecule has 5 nitrogen and oxygen atoms in total. The predicted molar refractivity (Wildman–Crippen MR) is 129 cm³/mol. The Kier molecular flexibility index (Phi) is 4.79. The minimum Gasteiger partial charge on any atom is -0.478 e. The second-order valence-corrected chi connectivity index (χ2v) is 8.86. The van der Waals surface area contributed by atoms with E-state index in [4.69, 9.17) is 0 Å². The van der Waals surface area contributed by atoms with Crippen LogP contribution in [-0.4, -0.2) is 22.0 Å². The van der Waals surface area contributed by atoms with E-state index in [-0.39, 0.29) is 11.5 Å². The number of aromatic carboxylic acids is 1. The van der Waals surface area contributed by atoms with Gasteiger partial charge in [-0.15, -0.1) is 11.3 Å². The molecule has 5 rings (SSSR count). The van der Waals surface area contributed by atoms with Gasteiger partial charge >= 0.3 is 5.97 Å². The minimum atomic E-state index is -0.979. The zero-order valence-electron chi connectivity index (χ0n) is 17.5. The van der Waals surface area contributed by atoms with Gasteiger partial charge in [0.05, 0.1) is 11.1 Å². The van der Waals surface area contributed by atoms with E-state index < -0.39 is 5.97 Å². The number of hydrogen-bond donors (Lipinski definition) is 3. The zero-order valence-corrected chi connectivity index (χ0v) is 18.3. The summed E-state index contributed by atoms with van der Waals surface area (Å²) in [4.78, 5) is 29.6. The third-order valence-corrected chi connectivity index (χ3v) is 6.91. The van der Waals surface area contributed by atoms with Crippen LogP contribution < -0.4 is 5.32 Å². The van der Waals surface area contributed by atoms with Crippen molar-refractivity contribution in [3.05, 3.63) is 88.7 Å². The molecule has 3 N–H and O–H groups in total. The lowest BCUT2D eigenvalue weighted by atomic mass is 10.0. The average Bonchev–Trinajstić information content (AvgIpc) is 3.45. The first-order chi connectivity index (χ1) is 15.4. The third kappa shape index (κ3) is 3.35. The number of H-pyrrole nitrogens is 1. The second kappa shape index (κ2) is 7.66. The largest absolute Gasteiger partial charge is 0.478 e. The number of carbonyl (C=O) groups is 2. The molecule has 3 heterocycles. The molecule has 4 aromatic rings. The van der Waals surface area contributed by atoms with Crippen LogP contribution in [0.3, 0.4) is 0 Å². The number of amides is 1. The van der Waals surface area contributed by atoms with Crippen LogP contribution in [0.15, 0.2) is 60.7 Å². The Hall–Kier alpha value is -3.90. The molecule has 1 aliphatic rings. The molecular formula is C26H20N2O3S. The zero-order chi connectivity index (χ0) is 22.4. The van der Waals surface area contributed by atoms with E-state index >= 15 is 0 Å². The Morgan fingerprint density at radius 1 is 0.969 bits per heavy atom. The first kappa shape index (κ1) is 20.0. The summed E-state index contributed by atoms with van der Waals surface area (Å²) in [6.45, 7) is 3.47. The highest BCUT2D eigenvalue weighted by molar-refractivity contribution is 7.18. The fourth-order valence-corrected chi connectivity index (χ4v) is 5.13. The summed E-state index contributed by atoms with van der Waals surface area (Å²) < 4.78 is 0. The molecule has 1 amide bonds. The van der Waals surface area contributed by atoms with Crippen molar-refractivity contribution in [1.29, 1.82) is 0 Å². The van der Waals surface area contributed by atoms with Crippen LogP contribution in [0.25, 0.3) is 32.5 Å². The standard InChI is InChI=1S/C26H20N2O3S/c1-14-20(27-15(2)24(14)26(30)31)13-19-18-9-8-17(12-21(18)28-25(19)29)23-11-10-22(32-23)16-6-4-3-5-7-16/h3-13,27H,1-2H3,(H,28,29)(H,30,31)/b19-13-. The third-order valence-electron chi connectivity index (χ3n) is 5.73. The molecule has 0 spiro atoms. The van der Waals surface area contributed by atoms with Gasteiger partial charge in [-0.1, -0.05) is 42.5 Å². The minimum absolute atomic E-state index is 0.197. The van der Waals surface area contributed by atoms with Crippen LogP contribution >= 0.6 is 11.3 Å². The normalized spacial score (nSPS) is 13.9. The van der Waals surface area contributed by atoms with Gasteiger partial charge in [-0.25, -0.2) is 4.79 Å². The number of fused-ring (bicyclic) bond motifs is 1. The van der Waals surface area contributed by atoms with Gasteiger partial charge < -0.3 is 15.4 Å². The summed E-state index contributed by atoms with van der Waals surface area (Å²) in [5.41, 5.74) is 6.37. The van der Waals surface area contributed by atoms with Crippen LogP contribution in [0, 0.1) is 13.8 Å². The number of carboxylic acids is 1. The van der Waals surface area contributed by atoms with Crippen molar-refractivity contribution < 1.29 is 14.7 Å². The molecule has 2 aromatic carbocycles. The molecule has 6 heteroatoms. The van der Waals surface area contributed by atoms with Crippen LogP contribution in [-0.2, 0) is 4.79 Å². The van der Waals surface area contributed by atoms with Crippen molar-refractivity contribution in [3.63, 3.8) is 0 Å². The molecule has 0 bridgehead atoms. The van der Waals surface area contributed by atoms with E-state index in [0.29, 0.717) is 22.5 Å². The first-order valence-corrected chi connectivity index (χ1v) is 11.0. The maximum absolute atomic E-state index is 12.7. The fourth-order valence-electron chi connectivity index (χ4n) is 4.13. The SMILES string of the molecule is Cc1[nH]c(/C=C2\C(=O)Nc3cc(-c4ccc(-c5ccccc5)s4)ccc32)c(C)c1C(=O)O. The van der Waals surface area contributed by atoms with Crippen molar-refractivity contribution in [3.8, 4) is 20.9 Å². The van der Waals surface area contributed by atoms with E-state index in [1.807, 2.05) is 36.4 Å². The van der Waals surface area contributed by atoms with Crippen molar-refractivity contribution in [1.82, 2.24) is 4.98 Å². The molecule has 0 fully saturated rings. The lowest BCUT2D eigenvalue weighted by molar-refractivity contribution is -0.110. The van der Waals surface area contributed by atoms with Gasteiger partial charge in [-0.3, -0.25) is 4.79 Å². The highest BCUT2D eigenvalue weighted by Crippen LogP contribution is 2.40. The van der Waals surface area contributed by atoms with Gasteiger partial charge in [0.1, 0.15) is 0 Å². The van der Waals surface area contributed by atoms with Gasteiger partial charge in [0.15, 0.2) is 0 Å². The molecule has 0 saturated carbocycles. The lowest BCUT2D eigenvalue weighted by Crippen LogP contribution is -2.03. The van der Waals surface area contributed by atoms with Crippen LogP contribution in [0.1, 0.15) is 32.9 Å². The Morgan fingerprint density at radius 3 is 2.38 bits per heavy atom. The van der Waals surface area contributed by atoms with E-state index in [2.05, 4.69) is 34.6 Å². The van der Waals surface area contributed by atoms with Crippen molar-refractivity contribution in [2.24, 2.45) is 0 Å². The van der Waals surface area contributed by atoms with E-state index in [1.165, 1.54) is 10.4 Å². The van der Waals surface area contributed by atoms with Gasteiger partial charge in [-0.05, 0) is 54.8 Å². The molecular weight excluding hydrogens is 420 g/mol. The van der Waals surface area contributed by atoms with E-state index in [9.17, 15) is 14.7 Å². The molecule has 158 valence electrons. The number of nitrogens with one attached hydrogen (secondary N) is 2. The maximum Gasteiger partial charge on any atom is 0.337 e. The monoisotopic (exact) mass is 440 g/mol. The Morgan fingerprint density at radius 2 is 1.69 bits per heavy atom. The molecule has 0 aliphatic carbocycles. The summed E-state index contributed by atoms with van der Waals surface area (Å²) in [5.74, 6) is -1.18. The van der Waals surface area contributed by atoms with Crippen LogP contribution in [0.5, 0.6) is 0 Å². The number of aromatic amines is 1. The molecule has 0 saturated heterocycles. The van der Waals surface area contributed by atoms with Crippen molar-refractivity contribution >= 4 is 40.5 Å². The predicted octanol–water partition coefficient (Wildman–Crippen LogP) is 6.22. The Bertz CT molecular complexity index is 1410. The number of hydrogen-bond acceptors (Lipinski definition) is 3. The number of anilines is 1. The van der Waals surface area contributed by atoms with E-state index in [1.54, 1.807) is 31.3 Å². The average molecular weight is 441 g/mol. The van der Waals surface area contributed by atoms with Gasteiger partial charge in [0, 0.05) is 32.4 Å². The lowest BCUT2D eigenvalue weighted by Gasteiger charge is -2.03. The molecule has 0 radical (unpaired) electrons. The summed E-state index contributed by atoms with van der Waals surface area (Å²) in [5, 5.41) is 12.4. The fraction of sp³-hybridized carbons (Fsp3) is 0.0769. The molecule has 32 heavy (non-hydrogen) atoms. The van der Waals surface area contributed by atoms with Crippen molar-refractivity contribution in [2.75, 3.05) is 5.32 Å². The number of rotatable bonds is 4. The van der Waals surface area contributed by atoms with Crippen LogP contribution in [0.4, 0.5) is 5.69 Å². The summed E-state index contributed by atoms with van der Waals surface area (Å²) >= 11 is 1.71. The smallest absolute Gasteiger partial charge is 0.337 e. The molecule has 1 aliphatic heterocycles. The second-order valence-electron chi connectivity index (χ2n) is 7.77. The Balaban J connectivity index is 1.50. The maximum atomic E-state index is 12.7. The number of carbonyl (C=O) groups excluding carboxylic acids is 1. The molecule has 0 unspecified atom stereocenters. The number of benzene rings is 2. The summed E-state index contributed by atoms with van der Waals surface area (Å²) in [7, 11) is 0. The number of carboxylic acid groups (broad SMARTS) is 1. The first-order valence-electron chi connectivity index (χ1n) is 10.2. The highest BCUT2D eigenvalue weighted by atomic mass is 32.1. The quantitative estimate of drug-likeness (QED) is 0.330. The van der Waals surface area contributed by atoms with Crippen LogP contribution in [0.2, 0.25) is 0 Å². The summed E-state index contributed by atoms with van der Waals surface area (Å²) in [6.07, 6.45) is 1.73. The number of thiophene rings is 1. The Labute approximate surface area is 189 Å². The van der Waals surface area contributed by atoms with Gasteiger partial charge in [-0.2, -0.15) is 0 Å². The van der Waals surface area contributed by atoms with Crippen molar-refractivity contribution in [2.45, 2.75) is 13.8 Å². The highest BCUT2D eigenvalue weighted by Gasteiger charge is 2.26. The molecule has 0 atom stereocenters. The topological polar surface area (TPSA) is 82.2 Å². The summed E-state index contributed by atoms with van der Waals surface area (Å²) in [6, 6.07) is 20.4. The van der Waals surface area contributed by atoms with Gasteiger partial charge in [0.25, 0.3) is 5.91 Å².